The average Bonchev–Trinajstić information content (AvgIpc) is 3.11. The molecule has 0 aliphatic carbocycles. The third kappa shape index (κ3) is 3.02. The molecule has 0 atom stereocenters. The molecule has 0 radical (unpaired) electrons. The van der Waals surface area contributed by atoms with Crippen molar-refractivity contribution in [3.05, 3.63) is 60.8 Å². The van der Waals surface area contributed by atoms with Gasteiger partial charge in [-0.05, 0) is 48.5 Å². The van der Waals surface area contributed by atoms with Crippen LogP contribution in [-0.4, -0.2) is 33.7 Å². The molecule has 0 unspecified atom stereocenters. The number of nitrogens with zero attached hydrogens (tertiary/aromatic N) is 4. The van der Waals surface area contributed by atoms with Crippen molar-refractivity contribution in [2.45, 2.75) is 0 Å². The van der Waals surface area contributed by atoms with Gasteiger partial charge >= 0.3 is 0 Å². The van der Waals surface area contributed by atoms with Gasteiger partial charge in [0.15, 0.2) is 5.65 Å². The van der Waals surface area contributed by atoms with Gasteiger partial charge in [0, 0.05) is 12.6 Å². The lowest BCUT2D eigenvalue weighted by atomic mass is 10.1. The minimum atomic E-state index is 0.518. The van der Waals surface area contributed by atoms with E-state index in [1.54, 1.807) is 13.3 Å². The van der Waals surface area contributed by atoms with Gasteiger partial charge < -0.3 is 15.4 Å². The molecule has 4 rings (SSSR count). The van der Waals surface area contributed by atoms with Crippen molar-refractivity contribution in [1.29, 1.82) is 0 Å². The second-order valence-electron chi connectivity index (χ2n) is 5.65. The van der Waals surface area contributed by atoms with Gasteiger partial charge in [-0.15, -0.1) is 5.10 Å². The summed E-state index contributed by atoms with van der Waals surface area (Å²) < 4.78 is 7.04. The maximum Gasteiger partial charge on any atom is 0.247 e. The van der Waals surface area contributed by atoms with Gasteiger partial charge in [0.1, 0.15) is 11.6 Å². The molecule has 7 heteroatoms. The lowest BCUT2D eigenvalue weighted by Gasteiger charge is -2.05. The predicted molar refractivity (Wildman–Crippen MR) is 102 cm³/mol. The van der Waals surface area contributed by atoms with E-state index in [1.807, 2.05) is 66.2 Å². The Kier molecular flexibility index (Phi) is 4.10. The smallest absolute Gasteiger partial charge is 0.247 e. The van der Waals surface area contributed by atoms with Crippen LogP contribution in [-0.2, 0) is 0 Å². The molecule has 130 valence electrons. The average molecular weight is 346 g/mol. The molecule has 26 heavy (non-hydrogen) atoms. The highest BCUT2D eigenvalue weighted by Gasteiger charge is 2.09. The molecule has 0 aliphatic rings. The molecule has 7 nitrogen and oxygen atoms in total. The van der Waals surface area contributed by atoms with Crippen LogP contribution in [0.2, 0.25) is 0 Å². The summed E-state index contributed by atoms with van der Waals surface area (Å²) >= 11 is 0. The molecular formula is C19H18N6O. The Bertz CT molecular complexity index is 1020. The van der Waals surface area contributed by atoms with Gasteiger partial charge in [-0.2, -0.15) is 4.98 Å². The van der Waals surface area contributed by atoms with Crippen LogP contribution in [0.15, 0.2) is 60.8 Å². The van der Waals surface area contributed by atoms with Crippen LogP contribution in [0.3, 0.4) is 0 Å². The second-order valence-corrected chi connectivity index (χ2v) is 5.65. The maximum atomic E-state index is 5.22. The van der Waals surface area contributed by atoms with Crippen LogP contribution in [0.5, 0.6) is 5.75 Å². The fraction of sp³-hybridized carbons (Fsp3) is 0.105. The number of ether oxygens (including phenoxy) is 1. The van der Waals surface area contributed by atoms with Crippen LogP contribution < -0.4 is 15.4 Å². The summed E-state index contributed by atoms with van der Waals surface area (Å²) in [5, 5.41) is 10.8. The number of nitrogens with one attached hydrogen (secondary N) is 2. The number of aromatic nitrogens is 4. The standard InChI is InChI=1S/C19H18N6O/c1-20-17-11-8-14(12-21-17)22-19-23-18-5-3-4-16(25(18)24-19)13-6-9-15(26-2)10-7-13/h3-12H,1-2H3,(H,20,21)(H,22,24). The highest BCUT2D eigenvalue weighted by Crippen LogP contribution is 2.24. The SMILES string of the molecule is CNc1ccc(Nc2nc3cccc(-c4ccc(OC)cc4)n3n2)cn1. The Morgan fingerprint density at radius 2 is 1.85 bits per heavy atom. The van der Waals surface area contributed by atoms with Gasteiger partial charge in [-0.25, -0.2) is 9.50 Å². The second kappa shape index (κ2) is 6.72. The first-order chi connectivity index (χ1) is 12.8. The number of fused-ring (bicyclic) bond motifs is 1. The van der Waals surface area contributed by atoms with E-state index in [0.717, 1.165) is 34.2 Å². The first-order valence-corrected chi connectivity index (χ1v) is 8.18. The summed E-state index contributed by atoms with van der Waals surface area (Å²) in [6.07, 6.45) is 1.74. The van der Waals surface area contributed by atoms with Gasteiger partial charge in [-0.3, -0.25) is 0 Å². The zero-order valence-electron chi connectivity index (χ0n) is 14.5. The highest BCUT2D eigenvalue weighted by atomic mass is 16.5. The summed E-state index contributed by atoms with van der Waals surface area (Å²) in [5.41, 5.74) is 3.58. The van der Waals surface area contributed by atoms with Crippen molar-refractivity contribution in [2.75, 3.05) is 24.8 Å². The van der Waals surface area contributed by atoms with Crippen molar-refractivity contribution >= 4 is 23.1 Å². The molecule has 0 aliphatic heterocycles. The van der Waals surface area contributed by atoms with Gasteiger partial charge in [0.25, 0.3) is 0 Å². The van der Waals surface area contributed by atoms with Crippen LogP contribution in [0.25, 0.3) is 16.9 Å². The fourth-order valence-electron chi connectivity index (χ4n) is 2.68. The Hall–Kier alpha value is -3.61. The van der Waals surface area contributed by atoms with Gasteiger partial charge in [-0.1, -0.05) is 6.07 Å². The van der Waals surface area contributed by atoms with Crippen LogP contribution >= 0.6 is 0 Å². The molecule has 0 fully saturated rings. The summed E-state index contributed by atoms with van der Waals surface area (Å²) in [7, 11) is 3.49. The van der Waals surface area contributed by atoms with Crippen molar-refractivity contribution in [1.82, 2.24) is 19.6 Å². The molecular weight excluding hydrogens is 328 g/mol. The largest absolute Gasteiger partial charge is 0.497 e. The van der Waals surface area contributed by atoms with E-state index < -0.39 is 0 Å². The molecule has 3 aromatic heterocycles. The van der Waals surface area contributed by atoms with E-state index >= 15 is 0 Å². The lowest BCUT2D eigenvalue weighted by Crippen LogP contribution is -1.97. The van der Waals surface area contributed by atoms with E-state index in [9.17, 15) is 0 Å². The number of rotatable bonds is 5. The molecule has 0 amide bonds. The Morgan fingerprint density at radius 1 is 1.00 bits per heavy atom. The molecule has 0 saturated heterocycles. The van der Waals surface area contributed by atoms with Crippen LogP contribution in [0.4, 0.5) is 17.5 Å². The normalized spacial score (nSPS) is 10.7. The van der Waals surface area contributed by atoms with Crippen molar-refractivity contribution in [3.8, 4) is 17.0 Å². The zero-order valence-corrected chi connectivity index (χ0v) is 14.5. The summed E-state index contributed by atoms with van der Waals surface area (Å²) in [6, 6.07) is 17.6. The minimum absolute atomic E-state index is 0.518. The topological polar surface area (TPSA) is 76.4 Å². The summed E-state index contributed by atoms with van der Waals surface area (Å²) in [6.45, 7) is 0. The third-order valence-electron chi connectivity index (χ3n) is 4.02. The highest BCUT2D eigenvalue weighted by molar-refractivity contribution is 5.65. The summed E-state index contributed by atoms with van der Waals surface area (Å²) in [4.78, 5) is 8.82. The summed E-state index contributed by atoms with van der Waals surface area (Å²) in [5.74, 6) is 2.14. The molecule has 0 saturated carbocycles. The third-order valence-corrected chi connectivity index (χ3v) is 4.02. The molecule has 3 heterocycles. The van der Waals surface area contributed by atoms with E-state index in [1.165, 1.54) is 0 Å². The first kappa shape index (κ1) is 15.9. The molecule has 4 aromatic rings. The molecule has 0 bridgehead atoms. The lowest BCUT2D eigenvalue weighted by molar-refractivity contribution is 0.415. The van der Waals surface area contributed by atoms with E-state index in [0.29, 0.717) is 5.95 Å². The van der Waals surface area contributed by atoms with Crippen molar-refractivity contribution in [3.63, 3.8) is 0 Å². The molecule has 0 spiro atoms. The van der Waals surface area contributed by atoms with Crippen LogP contribution in [0.1, 0.15) is 0 Å². The number of benzene rings is 1. The molecule has 2 N–H and O–H groups in total. The monoisotopic (exact) mass is 346 g/mol. The quantitative estimate of drug-likeness (QED) is 0.575. The fourth-order valence-corrected chi connectivity index (χ4v) is 2.68. The maximum absolute atomic E-state index is 5.22. The number of hydrogen-bond donors (Lipinski definition) is 2. The van der Waals surface area contributed by atoms with E-state index in [2.05, 4.69) is 25.7 Å². The predicted octanol–water partition coefficient (Wildman–Crippen LogP) is 3.59. The number of pyridine rings is 2. The van der Waals surface area contributed by atoms with Gasteiger partial charge in [0.05, 0.1) is 24.7 Å². The Labute approximate surface area is 150 Å². The number of hydrogen-bond acceptors (Lipinski definition) is 6. The van der Waals surface area contributed by atoms with Crippen molar-refractivity contribution in [2.24, 2.45) is 0 Å². The Morgan fingerprint density at radius 3 is 2.54 bits per heavy atom. The Balaban J connectivity index is 1.68. The number of methoxy groups -OCH3 is 1. The number of anilines is 3. The van der Waals surface area contributed by atoms with Gasteiger partial charge in [0.2, 0.25) is 5.95 Å². The minimum Gasteiger partial charge on any atom is -0.497 e. The zero-order chi connectivity index (χ0) is 17.9. The molecule has 1 aromatic carbocycles. The van der Waals surface area contributed by atoms with E-state index in [4.69, 9.17) is 4.74 Å². The van der Waals surface area contributed by atoms with Crippen LogP contribution in [0, 0.1) is 0 Å². The van der Waals surface area contributed by atoms with E-state index in [-0.39, 0.29) is 0 Å². The first-order valence-electron chi connectivity index (χ1n) is 8.18. The van der Waals surface area contributed by atoms with Crippen molar-refractivity contribution < 1.29 is 4.74 Å².